The Morgan fingerprint density at radius 1 is 0.810 bits per heavy atom. The zero-order valence-corrected chi connectivity index (χ0v) is 13.4. The van der Waals surface area contributed by atoms with Gasteiger partial charge in [0.15, 0.2) is 0 Å². The standard InChI is InChI=1S/C13H9Si.C6H9N/c14-13-11-7-3-1-5-9(11)10-6-2-4-8-12(10)13;1-5-3-4-7-6(5)2/h1-8,13H;3-4,7H,1-2H3. The number of nitrogens with one attached hydrogen (secondary N) is 1. The Labute approximate surface area is 129 Å². The van der Waals surface area contributed by atoms with Gasteiger partial charge >= 0.3 is 0 Å². The summed E-state index contributed by atoms with van der Waals surface area (Å²) >= 11 is 0. The smallest absolute Gasteiger partial charge is 0.0397 e. The Balaban J connectivity index is 0.000000160. The molecule has 1 heterocycles. The molecule has 1 aromatic heterocycles. The van der Waals surface area contributed by atoms with Crippen LogP contribution < -0.4 is 0 Å². The first kappa shape index (κ1) is 13.9. The summed E-state index contributed by atoms with van der Waals surface area (Å²) in [6, 6.07) is 19.2. The summed E-state index contributed by atoms with van der Waals surface area (Å²) < 4.78 is 0. The third-order valence-corrected chi connectivity index (χ3v) is 4.68. The molecule has 0 amide bonds. The van der Waals surface area contributed by atoms with E-state index in [1.165, 1.54) is 33.5 Å². The molecule has 2 aromatic carbocycles. The van der Waals surface area contributed by atoms with Crippen LogP contribution in [0.1, 0.15) is 27.9 Å². The quantitative estimate of drug-likeness (QED) is 0.584. The van der Waals surface area contributed by atoms with Crippen molar-refractivity contribution in [2.45, 2.75) is 19.4 Å². The molecule has 0 aliphatic heterocycles. The first-order chi connectivity index (χ1) is 10.2. The first-order valence-corrected chi connectivity index (χ1v) is 7.76. The molecule has 0 unspecified atom stereocenters. The second-order valence-corrected chi connectivity index (χ2v) is 5.97. The van der Waals surface area contributed by atoms with Crippen LogP contribution in [0.4, 0.5) is 0 Å². The van der Waals surface area contributed by atoms with Crippen LogP contribution in [-0.2, 0) is 0 Å². The number of H-pyrrole nitrogens is 1. The molecule has 1 aliphatic rings. The van der Waals surface area contributed by atoms with Gasteiger partial charge in [-0.05, 0) is 53.3 Å². The highest BCUT2D eigenvalue weighted by Crippen LogP contribution is 2.42. The Bertz CT molecular complexity index is 696. The molecule has 2 heteroatoms. The van der Waals surface area contributed by atoms with Crippen LogP contribution in [0, 0.1) is 13.8 Å². The van der Waals surface area contributed by atoms with Gasteiger partial charge in [-0.15, -0.1) is 0 Å². The fraction of sp³-hybridized carbons (Fsp3) is 0.158. The average molecular weight is 288 g/mol. The Kier molecular flexibility index (Phi) is 3.80. The normalized spacial score (nSPS) is 12.3. The monoisotopic (exact) mass is 288 g/mol. The van der Waals surface area contributed by atoms with Crippen molar-refractivity contribution in [2.75, 3.05) is 0 Å². The van der Waals surface area contributed by atoms with E-state index in [0.29, 0.717) is 5.54 Å². The maximum atomic E-state index is 3.79. The van der Waals surface area contributed by atoms with Gasteiger partial charge in [-0.25, -0.2) is 0 Å². The lowest BCUT2D eigenvalue weighted by atomic mass is 10.1. The van der Waals surface area contributed by atoms with Gasteiger partial charge in [0, 0.05) is 22.1 Å². The molecule has 3 radical (unpaired) electrons. The van der Waals surface area contributed by atoms with E-state index in [1.54, 1.807) is 0 Å². The number of aryl methyl sites for hydroxylation is 2. The molecule has 21 heavy (non-hydrogen) atoms. The van der Waals surface area contributed by atoms with Crippen molar-refractivity contribution in [1.29, 1.82) is 0 Å². The van der Waals surface area contributed by atoms with Crippen LogP contribution in [0.2, 0.25) is 0 Å². The fourth-order valence-corrected chi connectivity index (χ4v) is 3.19. The van der Waals surface area contributed by atoms with Gasteiger partial charge in [0.05, 0.1) is 0 Å². The van der Waals surface area contributed by atoms with Crippen LogP contribution >= 0.6 is 0 Å². The molecule has 0 atom stereocenters. The van der Waals surface area contributed by atoms with Gasteiger partial charge < -0.3 is 4.98 Å². The fourth-order valence-electron chi connectivity index (χ4n) is 2.69. The van der Waals surface area contributed by atoms with Crippen molar-refractivity contribution in [3.63, 3.8) is 0 Å². The summed E-state index contributed by atoms with van der Waals surface area (Å²) in [5.74, 6) is 0. The van der Waals surface area contributed by atoms with Crippen molar-refractivity contribution in [3.05, 3.63) is 83.2 Å². The third-order valence-electron chi connectivity index (χ3n) is 4.06. The topological polar surface area (TPSA) is 15.8 Å². The highest BCUT2D eigenvalue weighted by atomic mass is 28.1. The summed E-state index contributed by atoms with van der Waals surface area (Å²) in [4.78, 5) is 3.07. The van der Waals surface area contributed by atoms with Crippen molar-refractivity contribution >= 4 is 10.2 Å². The van der Waals surface area contributed by atoms with E-state index in [0.717, 1.165) is 0 Å². The van der Waals surface area contributed by atoms with Crippen LogP contribution in [0.15, 0.2) is 60.8 Å². The molecule has 0 saturated heterocycles. The van der Waals surface area contributed by atoms with Crippen LogP contribution in [0.25, 0.3) is 11.1 Å². The van der Waals surface area contributed by atoms with Crippen molar-refractivity contribution < 1.29 is 0 Å². The Morgan fingerprint density at radius 3 is 1.71 bits per heavy atom. The first-order valence-electron chi connectivity index (χ1n) is 7.18. The molecule has 0 fully saturated rings. The van der Waals surface area contributed by atoms with Gasteiger partial charge in [-0.1, -0.05) is 48.5 Å². The number of aromatic amines is 1. The Morgan fingerprint density at radius 2 is 1.33 bits per heavy atom. The number of fused-ring (bicyclic) bond motifs is 3. The van der Waals surface area contributed by atoms with Crippen LogP contribution in [0.5, 0.6) is 0 Å². The van der Waals surface area contributed by atoms with Crippen molar-refractivity contribution in [3.8, 4) is 11.1 Å². The van der Waals surface area contributed by atoms with Crippen LogP contribution in [0.3, 0.4) is 0 Å². The molecule has 1 N–H and O–H groups in total. The van der Waals surface area contributed by atoms with Gasteiger partial charge in [0.25, 0.3) is 0 Å². The summed E-state index contributed by atoms with van der Waals surface area (Å²) in [5, 5.41) is 0. The van der Waals surface area contributed by atoms with Gasteiger partial charge in [0.1, 0.15) is 0 Å². The van der Waals surface area contributed by atoms with Gasteiger partial charge in [-0.3, -0.25) is 0 Å². The third kappa shape index (κ3) is 2.59. The molecule has 4 rings (SSSR count). The summed E-state index contributed by atoms with van der Waals surface area (Å²) in [7, 11) is 3.79. The number of hydrogen-bond donors (Lipinski definition) is 1. The second kappa shape index (κ2) is 5.74. The van der Waals surface area contributed by atoms with E-state index in [-0.39, 0.29) is 0 Å². The van der Waals surface area contributed by atoms with Crippen molar-refractivity contribution in [1.82, 2.24) is 4.98 Å². The number of benzene rings is 2. The van der Waals surface area contributed by atoms with E-state index in [4.69, 9.17) is 0 Å². The molecule has 0 bridgehead atoms. The van der Waals surface area contributed by atoms with Crippen LogP contribution in [-0.4, -0.2) is 15.2 Å². The lowest BCUT2D eigenvalue weighted by Gasteiger charge is -2.04. The minimum atomic E-state index is 0.363. The molecule has 103 valence electrons. The maximum Gasteiger partial charge on any atom is 0.0397 e. The molecule has 0 saturated carbocycles. The molecule has 0 spiro atoms. The predicted octanol–water partition coefficient (Wildman–Crippen LogP) is 4.56. The van der Waals surface area contributed by atoms with E-state index >= 15 is 0 Å². The minimum Gasteiger partial charge on any atom is -0.365 e. The van der Waals surface area contributed by atoms with E-state index < -0.39 is 0 Å². The molecular formula is C19H18NSi. The van der Waals surface area contributed by atoms with E-state index in [9.17, 15) is 0 Å². The molecular weight excluding hydrogens is 270 g/mol. The minimum absolute atomic E-state index is 0.363. The highest BCUT2D eigenvalue weighted by Gasteiger charge is 2.23. The lowest BCUT2D eigenvalue weighted by Crippen LogP contribution is -1.93. The van der Waals surface area contributed by atoms with E-state index in [1.807, 2.05) is 6.20 Å². The van der Waals surface area contributed by atoms with Gasteiger partial charge in [-0.2, -0.15) is 0 Å². The predicted molar refractivity (Wildman–Crippen MR) is 89.7 cm³/mol. The number of aromatic nitrogens is 1. The number of hydrogen-bond acceptors (Lipinski definition) is 0. The largest absolute Gasteiger partial charge is 0.365 e. The zero-order valence-electron chi connectivity index (χ0n) is 12.4. The number of rotatable bonds is 0. The second-order valence-electron chi connectivity index (χ2n) is 5.39. The van der Waals surface area contributed by atoms with Crippen molar-refractivity contribution in [2.24, 2.45) is 0 Å². The summed E-state index contributed by atoms with van der Waals surface area (Å²) in [6.07, 6.45) is 1.95. The molecule has 1 nitrogen and oxygen atoms in total. The highest BCUT2D eigenvalue weighted by molar-refractivity contribution is 6.17. The molecule has 3 aromatic rings. The Hall–Kier alpha value is -2.06. The zero-order chi connectivity index (χ0) is 14.8. The SMILES string of the molecule is Cc1cc[nH]c1C.[Si]C1c2ccccc2-c2ccccc21. The average Bonchev–Trinajstić information content (AvgIpc) is 3.03. The summed E-state index contributed by atoms with van der Waals surface area (Å²) in [6.45, 7) is 4.15. The molecule has 1 aliphatic carbocycles. The van der Waals surface area contributed by atoms with E-state index in [2.05, 4.69) is 83.7 Å². The maximum absolute atomic E-state index is 3.79. The summed E-state index contributed by atoms with van der Waals surface area (Å²) in [5.41, 5.74) is 8.45. The lowest BCUT2D eigenvalue weighted by molar-refractivity contribution is 1.20. The van der Waals surface area contributed by atoms with Gasteiger partial charge in [0.2, 0.25) is 0 Å².